The molecule has 1 saturated heterocycles. The third-order valence-electron chi connectivity index (χ3n) is 4.43. The number of nitrogens with one attached hydrogen (secondary N) is 1. The number of hydrogen-bond donors (Lipinski definition) is 1. The van der Waals surface area contributed by atoms with Crippen molar-refractivity contribution in [3.05, 3.63) is 36.4 Å². The van der Waals surface area contributed by atoms with Gasteiger partial charge in [-0.15, -0.1) is 0 Å². The Balaban J connectivity index is 1.62. The minimum Gasteiger partial charge on any atom is -0.454 e. The number of nitrogens with zero attached hydrogens (tertiary/aromatic N) is 3. The minimum atomic E-state index is -3.60. The monoisotopic (exact) mass is 350 g/mol. The first kappa shape index (κ1) is 15.4. The number of imidazole rings is 1. The largest absolute Gasteiger partial charge is 0.454 e. The molecule has 0 spiro atoms. The van der Waals surface area contributed by atoms with Crippen molar-refractivity contribution in [2.24, 2.45) is 0 Å². The second-order valence-electron chi connectivity index (χ2n) is 5.85. The zero-order chi connectivity index (χ0) is 16.7. The van der Waals surface area contributed by atoms with Gasteiger partial charge in [0.2, 0.25) is 16.8 Å². The molecule has 1 fully saturated rings. The molecule has 0 amide bonds. The molecule has 128 valence electrons. The Morgan fingerprint density at radius 1 is 1.25 bits per heavy atom. The van der Waals surface area contributed by atoms with Crippen molar-refractivity contribution in [1.82, 2.24) is 19.2 Å². The van der Waals surface area contributed by atoms with Crippen molar-refractivity contribution in [3.8, 4) is 11.5 Å². The summed E-state index contributed by atoms with van der Waals surface area (Å²) >= 11 is 0. The third kappa shape index (κ3) is 2.54. The van der Waals surface area contributed by atoms with E-state index in [2.05, 4.69) is 14.9 Å². The highest BCUT2D eigenvalue weighted by Crippen LogP contribution is 2.35. The lowest BCUT2D eigenvalue weighted by atomic mass is 10.2. The first-order valence-corrected chi connectivity index (χ1v) is 9.09. The lowest BCUT2D eigenvalue weighted by Gasteiger charge is -2.37. The molecule has 8 nitrogen and oxygen atoms in total. The van der Waals surface area contributed by atoms with Crippen molar-refractivity contribution in [2.75, 3.05) is 33.5 Å². The number of H-pyrrole nitrogens is 1. The lowest BCUT2D eigenvalue weighted by molar-refractivity contribution is 0.142. The molecule has 9 heteroatoms. The maximum absolute atomic E-state index is 13.0. The molecule has 1 aromatic heterocycles. The molecule has 0 radical (unpaired) electrons. The standard InChI is InChI=1S/C15H18N4O4S/c1-18-6-7-19(9-12(18)15-16-4-5-17-15)24(20,21)11-2-3-13-14(8-11)23-10-22-13/h2-5,8,12H,6-7,9-10H2,1H3,(H,16,17)/t12-/m1/s1. The molecule has 1 aromatic carbocycles. The number of ether oxygens (including phenoxy) is 2. The van der Waals surface area contributed by atoms with Crippen LogP contribution < -0.4 is 9.47 Å². The molecule has 2 aliphatic heterocycles. The maximum Gasteiger partial charge on any atom is 0.243 e. The number of fused-ring (bicyclic) bond motifs is 1. The maximum atomic E-state index is 13.0. The van der Waals surface area contributed by atoms with E-state index in [4.69, 9.17) is 9.47 Å². The molecule has 2 aromatic rings. The Hall–Kier alpha value is -2.10. The Kier molecular flexibility index (Phi) is 3.70. The van der Waals surface area contributed by atoms with Crippen LogP contribution in [0.4, 0.5) is 0 Å². The lowest BCUT2D eigenvalue weighted by Crippen LogP contribution is -2.49. The van der Waals surface area contributed by atoms with E-state index in [-0.39, 0.29) is 17.7 Å². The summed E-state index contributed by atoms with van der Waals surface area (Å²) in [5.74, 6) is 1.80. The van der Waals surface area contributed by atoms with Gasteiger partial charge in [0.25, 0.3) is 0 Å². The summed E-state index contributed by atoms with van der Waals surface area (Å²) < 4.78 is 38.0. The zero-order valence-electron chi connectivity index (χ0n) is 13.2. The van der Waals surface area contributed by atoms with E-state index in [0.717, 1.165) is 5.82 Å². The van der Waals surface area contributed by atoms with Crippen LogP contribution in [0.25, 0.3) is 0 Å². The molecule has 24 heavy (non-hydrogen) atoms. The van der Waals surface area contributed by atoms with Gasteiger partial charge in [-0.05, 0) is 19.2 Å². The van der Waals surface area contributed by atoms with Crippen LogP contribution in [0, 0.1) is 0 Å². The van der Waals surface area contributed by atoms with Gasteiger partial charge in [-0.3, -0.25) is 4.90 Å². The van der Waals surface area contributed by atoms with Gasteiger partial charge in [0.15, 0.2) is 11.5 Å². The van der Waals surface area contributed by atoms with Crippen molar-refractivity contribution in [3.63, 3.8) is 0 Å². The molecule has 4 rings (SSSR count). The summed E-state index contributed by atoms with van der Waals surface area (Å²) in [6, 6.07) is 4.62. The molecular weight excluding hydrogens is 332 g/mol. The van der Waals surface area contributed by atoms with E-state index in [9.17, 15) is 8.42 Å². The third-order valence-corrected chi connectivity index (χ3v) is 6.29. The summed E-state index contributed by atoms with van der Waals surface area (Å²) in [5, 5.41) is 0. The molecule has 2 aliphatic rings. The van der Waals surface area contributed by atoms with Crippen LogP contribution in [-0.4, -0.2) is 61.1 Å². The van der Waals surface area contributed by atoms with Crippen molar-refractivity contribution in [2.45, 2.75) is 10.9 Å². The molecule has 0 aliphatic carbocycles. The predicted molar refractivity (Wildman–Crippen MR) is 85.3 cm³/mol. The Bertz CT molecular complexity index is 837. The number of likely N-dealkylation sites (N-methyl/N-ethyl adjacent to an activating group) is 1. The number of hydrogen-bond acceptors (Lipinski definition) is 6. The van der Waals surface area contributed by atoms with Crippen LogP contribution in [0.3, 0.4) is 0 Å². The van der Waals surface area contributed by atoms with Crippen LogP contribution in [0.5, 0.6) is 11.5 Å². The summed E-state index contributed by atoms with van der Waals surface area (Å²) in [6.07, 6.45) is 3.42. The van der Waals surface area contributed by atoms with Crippen molar-refractivity contribution >= 4 is 10.0 Å². The first-order valence-electron chi connectivity index (χ1n) is 7.65. The number of piperazine rings is 1. The smallest absolute Gasteiger partial charge is 0.243 e. The van der Waals surface area contributed by atoms with Crippen molar-refractivity contribution < 1.29 is 17.9 Å². The SMILES string of the molecule is CN1CCN(S(=O)(=O)c2ccc3c(c2)OCO3)C[C@@H]1c1ncc[nH]1. The van der Waals surface area contributed by atoms with E-state index in [1.165, 1.54) is 10.4 Å². The van der Waals surface area contributed by atoms with E-state index in [1.54, 1.807) is 24.5 Å². The van der Waals surface area contributed by atoms with Gasteiger partial charge in [0, 0.05) is 38.1 Å². The highest BCUT2D eigenvalue weighted by Gasteiger charge is 2.35. The van der Waals surface area contributed by atoms with Crippen LogP contribution in [0.15, 0.2) is 35.5 Å². The van der Waals surface area contributed by atoms with E-state index in [0.29, 0.717) is 31.1 Å². The Morgan fingerprint density at radius 3 is 2.88 bits per heavy atom. The van der Waals surface area contributed by atoms with Crippen LogP contribution in [-0.2, 0) is 10.0 Å². The summed E-state index contributed by atoms with van der Waals surface area (Å²) in [7, 11) is -1.63. The molecule has 1 atom stereocenters. The van der Waals surface area contributed by atoms with Crippen LogP contribution >= 0.6 is 0 Å². The van der Waals surface area contributed by atoms with Crippen LogP contribution in [0.1, 0.15) is 11.9 Å². The van der Waals surface area contributed by atoms with Gasteiger partial charge < -0.3 is 14.5 Å². The fourth-order valence-electron chi connectivity index (χ4n) is 3.01. The highest BCUT2D eigenvalue weighted by molar-refractivity contribution is 7.89. The molecule has 1 N–H and O–H groups in total. The average Bonchev–Trinajstić information content (AvgIpc) is 3.26. The summed E-state index contributed by atoms with van der Waals surface area (Å²) in [6.45, 7) is 1.54. The quantitative estimate of drug-likeness (QED) is 0.882. The number of aromatic amines is 1. The Labute approximate surface area is 140 Å². The van der Waals surface area contributed by atoms with Crippen molar-refractivity contribution in [1.29, 1.82) is 0 Å². The molecule has 3 heterocycles. The van der Waals surface area contributed by atoms with Crippen LogP contribution in [0.2, 0.25) is 0 Å². The average molecular weight is 350 g/mol. The molecule has 0 unspecified atom stereocenters. The molecular formula is C15H18N4O4S. The van der Waals surface area contributed by atoms with E-state index in [1.807, 2.05) is 7.05 Å². The Morgan fingerprint density at radius 2 is 2.08 bits per heavy atom. The van der Waals surface area contributed by atoms with Gasteiger partial charge in [-0.1, -0.05) is 0 Å². The fraction of sp³-hybridized carbons (Fsp3) is 0.400. The number of aromatic nitrogens is 2. The number of rotatable bonds is 3. The second-order valence-corrected chi connectivity index (χ2v) is 7.79. The molecule has 0 saturated carbocycles. The minimum absolute atomic E-state index is 0.0995. The van der Waals surface area contributed by atoms with E-state index < -0.39 is 10.0 Å². The fourth-order valence-corrected chi connectivity index (χ4v) is 4.46. The summed E-state index contributed by atoms with van der Waals surface area (Å²) in [4.78, 5) is 9.66. The highest BCUT2D eigenvalue weighted by atomic mass is 32.2. The summed E-state index contributed by atoms with van der Waals surface area (Å²) in [5.41, 5.74) is 0. The zero-order valence-corrected chi connectivity index (χ0v) is 14.0. The molecule has 0 bridgehead atoms. The van der Waals surface area contributed by atoms with Gasteiger partial charge in [0.05, 0.1) is 10.9 Å². The first-order chi connectivity index (χ1) is 11.6. The normalized spacial score (nSPS) is 22.0. The number of sulfonamides is 1. The van der Waals surface area contributed by atoms with Gasteiger partial charge in [-0.25, -0.2) is 13.4 Å². The van der Waals surface area contributed by atoms with Gasteiger partial charge in [0.1, 0.15) is 5.82 Å². The topological polar surface area (TPSA) is 87.8 Å². The predicted octanol–water partition coefficient (Wildman–Crippen LogP) is 0.816. The van der Waals surface area contributed by atoms with E-state index >= 15 is 0 Å². The van der Waals surface area contributed by atoms with Gasteiger partial charge in [-0.2, -0.15) is 4.31 Å². The second kappa shape index (κ2) is 5.76. The number of benzene rings is 1. The van der Waals surface area contributed by atoms with Gasteiger partial charge >= 0.3 is 0 Å².